The van der Waals surface area contributed by atoms with E-state index >= 15 is 0 Å². The van der Waals surface area contributed by atoms with Crippen molar-refractivity contribution in [3.8, 4) is 5.75 Å². The first kappa shape index (κ1) is 23.2. The monoisotopic (exact) mass is 508 g/mol. The van der Waals surface area contributed by atoms with Gasteiger partial charge in [-0.15, -0.1) is 0 Å². The summed E-state index contributed by atoms with van der Waals surface area (Å²) in [6.07, 6.45) is 1.39. The van der Waals surface area contributed by atoms with Crippen molar-refractivity contribution in [1.82, 2.24) is 10.2 Å². The first-order valence-electron chi connectivity index (χ1n) is 9.96. The maximum atomic E-state index is 13.1. The van der Waals surface area contributed by atoms with Gasteiger partial charge in [0.25, 0.3) is 5.91 Å². The molecule has 1 N–H and O–H groups in total. The Morgan fingerprint density at radius 1 is 1.10 bits per heavy atom. The molecule has 0 aliphatic heterocycles. The summed E-state index contributed by atoms with van der Waals surface area (Å²) in [5.41, 5.74) is 2.12. The van der Waals surface area contributed by atoms with Crippen LogP contribution in [-0.2, 0) is 16.1 Å². The van der Waals surface area contributed by atoms with Crippen LogP contribution >= 0.6 is 22.6 Å². The number of ether oxygens (including phenoxy) is 1. The van der Waals surface area contributed by atoms with Gasteiger partial charge in [-0.2, -0.15) is 0 Å². The summed E-state index contributed by atoms with van der Waals surface area (Å²) in [6, 6.07) is 14.9. The van der Waals surface area contributed by atoms with Crippen molar-refractivity contribution in [2.24, 2.45) is 0 Å². The van der Waals surface area contributed by atoms with Crippen LogP contribution in [-0.4, -0.2) is 35.9 Å². The zero-order valence-corrected chi connectivity index (χ0v) is 19.4. The van der Waals surface area contributed by atoms with Crippen LogP contribution in [0.5, 0.6) is 5.75 Å². The van der Waals surface area contributed by atoms with E-state index in [-0.39, 0.29) is 18.4 Å². The molecule has 0 spiro atoms. The van der Waals surface area contributed by atoms with E-state index in [4.69, 9.17) is 4.74 Å². The van der Waals surface area contributed by atoms with Gasteiger partial charge in [0.05, 0.1) is 0 Å². The molecule has 1 atom stereocenters. The summed E-state index contributed by atoms with van der Waals surface area (Å²) in [6.45, 7) is 6.81. The number of nitrogens with zero attached hydrogens (tertiary/aromatic N) is 1. The molecule has 29 heavy (non-hydrogen) atoms. The maximum absolute atomic E-state index is 13.1. The Balaban J connectivity index is 2.19. The molecule has 0 aliphatic carbocycles. The third-order valence-corrected chi connectivity index (χ3v) is 5.43. The molecule has 0 fully saturated rings. The number of carbonyl (C=O) groups excluding carboxylic acids is 2. The van der Waals surface area contributed by atoms with Gasteiger partial charge in [0.1, 0.15) is 11.8 Å². The normalized spacial score (nSPS) is 11.6. The second-order valence-corrected chi connectivity index (χ2v) is 8.15. The molecule has 0 bridgehead atoms. The predicted molar refractivity (Wildman–Crippen MR) is 124 cm³/mol. The first-order chi connectivity index (χ1) is 14.0. The summed E-state index contributed by atoms with van der Waals surface area (Å²) in [4.78, 5) is 27.5. The van der Waals surface area contributed by atoms with E-state index in [0.717, 1.165) is 21.1 Å². The zero-order valence-electron chi connectivity index (χ0n) is 17.3. The van der Waals surface area contributed by atoms with E-state index in [2.05, 4.69) is 27.9 Å². The molecule has 156 valence electrons. The molecule has 2 rings (SSSR count). The minimum atomic E-state index is -0.533. The molecule has 0 saturated carbocycles. The van der Waals surface area contributed by atoms with Crippen LogP contribution in [0.25, 0.3) is 0 Å². The number of nitrogens with one attached hydrogen (secondary N) is 1. The lowest BCUT2D eigenvalue weighted by atomic mass is 10.1. The van der Waals surface area contributed by atoms with Crippen molar-refractivity contribution in [2.45, 2.75) is 46.2 Å². The largest absolute Gasteiger partial charge is 0.484 e. The van der Waals surface area contributed by atoms with Crippen molar-refractivity contribution >= 4 is 34.4 Å². The highest BCUT2D eigenvalue weighted by Gasteiger charge is 2.29. The number of hydrogen-bond donors (Lipinski definition) is 1. The van der Waals surface area contributed by atoms with Crippen molar-refractivity contribution in [1.29, 1.82) is 0 Å². The molecule has 0 unspecified atom stereocenters. The zero-order chi connectivity index (χ0) is 21.2. The molecule has 0 heterocycles. The van der Waals surface area contributed by atoms with Gasteiger partial charge < -0.3 is 15.0 Å². The van der Waals surface area contributed by atoms with Crippen LogP contribution < -0.4 is 10.1 Å². The maximum Gasteiger partial charge on any atom is 0.261 e. The van der Waals surface area contributed by atoms with Crippen molar-refractivity contribution in [2.75, 3.05) is 13.2 Å². The van der Waals surface area contributed by atoms with Crippen LogP contribution in [0.4, 0.5) is 0 Å². The minimum Gasteiger partial charge on any atom is -0.484 e. The van der Waals surface area contributed by atoms with Crippen LogP contribution in [0, 0.1) is 10.5 Å². The predicted octanol–water partition coefficient (Wildman–Crippen LogP) is 4.31. The molecule has 2 aromatic carbocycles. The van der Waals surface area contributed by atoms with Crippen molar-refractivity contribution in [3.63, 3.8) is 0 Å². The van der Waals surface area contributed by atoms with Crippen LogP contribution in [0.1, 0.15) is 37.8 Å². The fourth-order valence-corrected chi connectivity index (χ4v) is 3.37. The lowest BCUT2D eigenvalue weighted by Gasteiger charge is -2.31. The first-order valence-corrected chi connectivity index (χ1v) is 11.0. The molecule has 6 heteroatoms. The van der Waals surface area contributed by atoms with Crippen molar-refractivity contribution < 1.29 is 14.3 Å². The van der Waals surface area contributed by atoms with Crippen LogP contribution in [0.2, 0.25) is 0 Å². The third kappa shape index (κ3) is 7.03. The van der Waals surface area contributed by atoms with Gasteiger partial charge in [-0.25, -0.2) is 0 Å². The second-order valence-electron chi connectivity index (χ2n) is 6.91. The minimum absolute atomic E-state index is 0.107. The highest BCUT2D eigenvalue weighted by molar-refractivity contribution is 14.1. The number of amides is 2. The van der Waals surface area contributed by atoms with Gasteiger partial charge in [0, 0.05) is 16.7 Å². The summed E-state index contributed by atoms with van der Waals surface area (Å²) in [5.74, 6) is 0.314. The molecule has 2 aromatic rings. The average molecular weight is 508 g/mol. The number of carbonyl (C=O) groups is 2. The molecule has 5 nitrogen and oxygen atoms in total. The molecule has 2 amide bonds. The molecule has 0 aromatic heterocycles. The smallest absolute Gasteiger partial charge is 0.261 e. The highest BCUT2D eigenvalue weighted by atomic mass is 127. The Morgan fingerprint density at radius 2 is 1.79 bits per heavy atom. The molecule has 0 aliphatic rings. The van der Waals surface area contributed by atoms with Gasteiger partial charge in [-0.05, 0) is 77.7 Å². The van der Waals surface area contributed by atoms with E-state index in [1.165, 1.54) is 0 Å². The SMILES string of the molecule is CCCNC(=O)[C@@H](CC)N(Cc1ccccc1C)C(=O)COc1ccc(I)cc1. The third-order valence-electron chi connectivity index (χ3n) is 4.71. The van der Waals surface area contributed by atoms with E-state index in [1.807, 2.05) is 69.3 Å². The van der Waals surface area contributed by atoms with Crippen LogP contribution in [0.3, 0.4) is 0 Å². The number of benzene rings is 2. The van der Waals surface area contributed by atoms with Gasteiger partial charge >= 0.3 is 0 Å². The summed E-state index contributed by atoms with van der Waals surface area (Å²) >= 11 is 2.22. The topological polar surface area (TPSA) is 58.6 Å². The standard InChI is InChI=1S/C23H29IN2O3/c1-4-14-25-23(28)21(5-2)26(15-18-9-7-6-8-17(18)3)22(27)16-29-20-12-10-19(24)11-13-20/h6-13,21H,4-5,14-16H2,1-3H3,(H,25,28)/t21-/m1/s1. The van der Waals surface area contributed by atoms with Gasteiger partial charge in [-0.1, -0.05) is 38.1 Å². The number of halogens is 1. The van der Waals surface area contributed by atoms with E-state index in [0.29, 0.717) is 25.3 Å². The Kier molecular flexibility index (Phi) is 9.44. The van der Waals surface area contributed by atoms with Crippen LogP contribution in [0.15, 0.2) is 48.5 Å². The molecule has 0 radical (unpaired) electrons. The molecular weight excluding hydrogens is 479 g/mol. The summed E-state index contributed by atoms with van der Waals surface area (Å²) in [7, 11) is 0. The summed E-state index contributed by atoms with van der Waals surface area (Å²) in [5, 5.41) is 2.92. The fraction of sp³-hybridized carbons (Fsp3) is 0.391. The fourth-order valence-electron chi connectivity index (χ4n) is 3.02. The highest BCUT2D eigenvalue weighted by Crippen LogP contribution is 2.17. The molecular formula is C23H29IN2O3. The van der Waals surface area contributed by atoms with E-state index in [1.54, 1.807) is 4.90 Å². The van der Waals surface area contributed by atoms with E-state index < -0.39 is 6.04 Å². The van der Waals surface area contributed by atoms with Gasteiger partial charge in [0.2, 0.25) is 5.91 Å². The van der Waals surface area contributed by atoms with Gasteiger partial charge in [-0.3, -0.25) is 9.59 Å². The number of rotatable bonds is 10. The quantitative estimate of drug-likeness (QED) is 0.487. The lowest BCUT2D eigenvalue weighted by Crippen LogP contribution is -2.50. The Morgan fingerprint density at radius 3 is 2.41 bits per heavy atom. The average Bonchev–Trinajstić information content (AvgIpc) is 2.72. The molecule has 0 saturated heterocycles. The Hall–Kier alpha value is -2.09. The van der Waals surface area contributed by atoms with E-state index in [9.17, 15) is 9.59 Å². The van der Waals surface area contributed by atoms with Gasteiger partial charge in [0.15, 0.2) is 6.61 Å². The lowest BCUT2D eigenvalue weighted by molar-refractivity contribution is -0.143. The Bertz CT molecular complexity index is 808. The Labute approximate surface area is 187 Å². The number of hydrogen-bond acceptors (Lipinski definition) is 3. The number of aryl methyl sites for hydroxylation is 1. The van der Waals surface area contributed by atoms with Crippen molar-refractivity contribution in [3.05, 3.63) is 63.2 Å². The second kappa shape index (κ2) is 11.8. The summed E-state index contributed by atoms with van der Waals surface area (Å²) < 4.78 is 6.80.